The highest BCUT2D eigenvalue weighted by Gasteiger charge is 2.30. The summed E-state index contributed by atoms with van der Waals surface area (Å²) in [6, 6.07) is 0.845. The van der Waals surface area contributed by atoms with Gasteiger partial charge in [-0.05, 0) is 25.3 Å². The average molecular weight is 324 g/mol. The number of Topliss-reactive ketones (excluding diaryl/α,β-unsaturated/α-hetero) is 1. The Balaban J connectivity index is 1.85. The summed E-state index contributed by atoms with van der Waals surface area (Å²) in [4.78, 5) is 38.6. The topological polar surface area (TPSA) is 113 Å². The Morgan fingerprint density at radius 1 is 1.27 bits per heavy atom. The molecule has 1 fully saturated rings. The number of nitrogens with one attached hydrogen (secondary N) is 2. The minimum atomic E-state index is -3.11. The van der Waals surface area contributed by atoms with Crippen LogP contribution in [0.4, 0.5) is 0 Å². The number of amides is 1. The van der Waals surface area contributed by atoms with Crippen molar-refractivity contribution >= 4 is 21.5 Å². The van der Waals surface area contributed by atoms with E-state index in [-0.39, 0.29) is 22.9 Å². The van der Waals surface area contributed by atoms with Gasteiger partial charge in [0.1, 0.15) is 5.56 Å². The van der Waals surface area contributed by atoms with Crippen LogP contribution in [0.15, 0.2) is 10.9 Å². The third-order valence-electron chi connectivity index (χ3n) is 4.07. The number of hydrogen-bond acceptors (Lipinski definition) is 5. The van der Waals surface area contributed by atoms with Crippen molar-refractivity contribution in [1.29, 1.82) is 0 Å². The molecule has 7 nitrogen and oxygen atoms in total. The van der Waals surface area contributed by atoms with Gasteiger partial charge in [-0.25, -0.2) is 8.42 Å². The Hall–Kier alpha value is -1.96. The molecule has 1 amide bonds. The van der Waals surface area contributed by atoms with Crippen LogP contribution in [0.3, 0.4) is 0 Å². The van der Waals surface area contributed by atoms with Crippen LogP contribution in [0.5, 0.6) is 0 Å². The van der Waals surface area contributed by atoms with E-state index in [1.54, 1.807) is 0 Å². The number of carbonyl (C=O) groups excluding carboxylic acids is 2. The van der Waals surface area contributed by atoms with Gasteiger partial charge in [0.15, 0.2) is 15.6 Å². The normalized spacial score (nSPS) is 23.1. The number of aromatic nitrogens is 1. The number of hydrogen-bond donors (Lipinski definition) is 2. The lowest BCUT2D eigenvalue weighted by atomic mass is 9.93. The summed E-state index contributed by atoms with van der Waals surface area (Å²) in [6.07, 6.45) is 2.04. The molecule has 22 heavy (non-hydrogen) atoms. The van der Waals surface area contributed by atoms with Gasteiger partial charge in [-0.1, -0.05) is 0 Å². The Kier molecular flexibility index (Phi) is 3.64. The lowest BCUT2D eigenvalue weighted by molar-refractivity contribution is 0.0939. The summed E-state index contributed by atoms with van der Waals surface area (Å²) in [5.41, 5.74) is 0.265. The summed E-state index contributed by atoms with van der Waals surface area (Å²) in [5, 5.41) is 2.56. The number of sulfone groups is 1. The first-order valence-electron chi connectivity index (χ1n) is 7.16. The molecule has 0 aromatic carbocycles. The van der Waals surface area contributed by atoms with E-state index in [1.807, 2.05) is 0 Å². The number of H-pyrrole nitrogens is 1. The Labute approximate surface area is 127 Å². The number of aromatic amines is 1. The van der Waals surface area contributed by atoms with Crippen LogP contribution >= 0.6 is 0 Å². The number of ketones is 1. The maximum absolute atomic E-state index is 12.2. The van der Waals surface area contributed by atoms with Gasteiger partial charge in [-0.3, -0.25) is 14.4 Å². The second kappa shape index (κ2) is 5.35. The van der Waals surface area contributed by atoms with Crippen LogP contribution in [0.1, 0.15) is 45.7 Å². The molecule has 1 saturated heterocycles. The first-order valence-corrected chi connectivity index (χ1v) is 8.98. The van der Waals surface area contributed by atoms with E-state index in [9.17, 15) is 22.8 Å². The summed E-state index contributed by atoms with van der Waals surface area (Å²) < 4.78 is 22.8. The van der Waals surface area contributed by atoms with E-state index in [1.165, 1.54) is 6.07 Å². The molecular formula is C14H16N2O5S. The van der Waals surface area contributed by atoms with E-state index in [4.69, 9.17) is 0 Å². The van der Waals surface area contributed by atoms with Crippen molar-refractivity contribution < 1.29 is 18.0 Å². The van der Waals surface area contributed by atoms with E-state index < -0.39 is 27.3 Å². The fraction of sp³-hybridized carbons (Fsp3) is 0.500. The van der Waals surface area contributed by atoms with Crippen LogP contribution < -0.4 is 10.9 Å². The number of rotatable bonds is 2. The van der Waals surface area contributed by atoms with Gasteiger partial charge in [-0.2, -0.15) is 0 Å². The van der Waals surface area contributed by atoms with Crippen molar-refractivity contribution in [2.75, 3.05) is 11.5 Å². The Bertz CT molecular complexity index is 809. The largest absolute Gasteiger partial charge is 0.348 e. The summed E-state index contributed by atoms with van der Waals surface area (Å²) in [5.74, 6) is -0.795. The van der Waals surface area contributed by atoms with Gasteiger partial charge in [-0.15, -0.1) is 0 Å². The molecule has 3 rings (SSSR count). The third kappa shape index (κ3) is 2.83. The fourth-order valence-electron chi connectivity index (χ4n) is 2.92. The highest BCUT2D eigenvalue weighted by molar-refractivity contribution is 7.91. The van der Waals surface area contributed by atoms with Gasteiger partial charge in [0, 0.05) is 23.7 Å². The molecule has 2 heterocycles. The van der Waals surface area contributed by atoms with E-state index in [0.29, 0.717) is 36.9 Å². The monoisotopic (exact) mass is 324 g/mol. The smallest absolute Gasteiger partial charge is 0.261 e. The minimum Gasteiger partial charge on any atom is -0.348 e. The molecule has 0 spiro atoms. The fourth-order valence-corrected chi connectivity index (χ4v) is 4.59. The van der Waals surface area contributed by atoms with Crippen LogP contribution in [0.25, 0.3) is 0 Å². The van der Waals surface area contributed by atoms with Crippen molar-refractivity contribution in [1.82, 2.24) is 10.3 Å². The molecule has 1 aromatic heterocycles. The lowest BCUT2D eigenvalue weighted by Gasteiger charge is -2.16. The first kappa shape index (κ1) is 15.0. The second-order valence-corrected chi connectivity index (χ2v) is 7.98. The molecule has 118 valence electrons. The molecule has 0 saturated carbocycles. The van der Waals surface area contributed by atoms with Crippen LogP contribution in [-0.4, -0.2) is 42.6 Å². The average Bonchev–Trinajstić information content (AvgIpc) is 2.77. The zero-order valence-electron chi connectivity index (χ0n) is 11.8. The molecule has 1 aromatic rings. The molecular weight excluding hydrogens is 308 g/mol. The quantitative estimate of drug-likeness (QED) is 0.783. The number of carbonyl (C=O) groups is 2. The number of fused-ring (bicyclic) bond motifs is 1. The molecule has 2 N–H and O–H groups in total. The van der Waals surface area contributed by atoms with Crippen molar-refractivity contribution in [3.05, 3.63) is 33.2 Å². The molecule has 1 atom stereocenters. The van der Waals surface area contributed by atoms with E-state index >= 15 is 0 Å². The summed E-state index contributed by atoms with van der Waals surface area (Å²) in [7, 11) is -3.11. The molecule has 1 aliphatic heterocycles. The highest BCUT2D eigenvalue weighted by Crippen LogP contribution is 2.19. The standard InChI is InChI=1S/C14H16N2O5S/c17-12-3-1-2-11-9(12)6-10(14(19)16-11)13(18)15-8-4-5-22(20,21)7-8/h6,8H,1-5,7H2,(H,15,18)(H,16,19). The van der Waals surface area contributed by atoms with Crippen molar-refractivity contribution in [3.63, 3.8) is 0 Å². The number of aryl methyl sites for hydroxylation is 1. The predicted octanol–water partition coefficient (Wildman–Crippen LogP) is -0.189. The van der Waals surface area contributed by atoms with Gasteiger partial charge >= 0.3 is 0 Å². The maximum atomic E-state index is 12.2. The van der Waals surface area contributed by atoms with Gasteiger partial charge in [0.05, 0.1) is 11.5 Å². The lowest BCUT2D eigenvalue weighted by Crippen LogP contribution is -2.39. The maximum Gasteiger partial charge on any atom is 0.261 e. The van der Waals surface area contributed by atoms with Gasteiger partial charge in [0.25, 0.3) is 11.5 Å². The van der Waals surface area contributed by atoms with Crippen molar-refractivity contribution in [3.8, 4) is 0 Å². The van der Waals surface area contributed by atoms with E-state index in [0.717, 1.165) is 0 Å². The Morgan fingerprint density at radius 3 is 2.73 bits per heavy atom. The molecule has 0 bridgehead atoms. The molecule has 0 radical (unpaired) electrons. The molecule has 1 aliphatic carbocycles. The zero-order valence-corrected chi connectivity index (χ0v) is 12.7. The van der Waals surface area contributed by atoms with Crippen LogP contribution in [0, 0.1) is 0 Å². The number of pyridine rings is 1. The molecule has 1 unspecified atom stereocenters. The van der Waals surface area contributed by atoms with Crippen LogP contribution in [0.2, 0.25) is 0 Å². The highest BCUT2D eigenvalue weighted by atomic mass is 32.2. The summed E-state index contributed by atoms with van der Waals surface area (Å²) in [6.45, 7) is 0. The first-order chi connectivity index (χ1) is 10.4. The minimum absolute atomic E-state index is 0.0387. The molecule has 2 aliphatic rings. The third-order valence-corrected chi connectivity index (χ3v) is 5.83. The van der Waals surface area contributed by atoms with E-state index in [2.05, 4.69) is 10.3 Å². The van der Waals surface area contributed by atoms with Gasteiger partial charge < -0.3 is 10.3 Å². The summed E-state index contributed by atoms with van der Waals surface area (Å²) >= 11 is 0. The van der Waals surface area contributed by atoms with Gasteiger partial charge in [0.2, 0.25) is 0 Å². The predicted molar refractivity (Wildman–Crippen MR) is 78.9 cm³/mol. The second-order valence-electron chi connectivity index (χ2n) is 5.75. The molecule has 8 heteroatoms. The van der Waals surface area contributed by atoms with Crippen LogP contribution in [-0.2, 0) is 16.3 Å². The van der Waals surface area contributed by atoms with Crippen molar-refractivity contribution in [2.45, 2.75) is 31.7 Å². The Morgan fingerprint density at radius 2 is 2.05 bits per heavy atom. The zero-order chi connectivity index (χ0) is 15.9. The SMILES string of the molecule is O=C1CCCc2[nH]c(=O)c(C(=O)NC3CCS(=O)(=O)C3)cc21. The van der Waals surface area contributed by atoms with Crippen molar-refractivity contribution in [2.24, 2.45) is 0 Å².